The largest absolute Gasteiger partial charge is 0.385 e. The van der Waals surface area contributed by atoms with Crippen LogP contribution in [-0.4, -0.2) is 47.6 Å². The molecule has 0 atom stereocenters. The van der Waals surface area contributed by atoms with Crippen LogP contribution >= 0.6 is 11.6 Å². The van der Waals surface area contributed by atoms with Crippen molar-refractivity contribution < 1.29 is 9.26 Å². The number of hydrogen-bond donors (Lipinski definition) is 1. The van der Waals surface area contributed by atoms with Crippen molar-refractivity contribution in [3.05, 3.63) is 57.4 Å². The van der Waals surface area contributed by atoms with E-state index >= 15 is 0 Å². The van der Waals surface area contributed by atoms with Crippen molar-refractivity contribution in [3.8, 4) is 0 Å². The Labute approximate surface area is 154 Å². The van der Waals surface area contributed by atoms with Crippen molar-refractivity contribution >= 4 is 34.8 Å². The maximum absolute atomic E-state index is 12.3. The van der Waals surface area contributed by atoms with Crippen LogP contribution in [0.2, 0.25) is 5.02 Å². The predicted molar refractivity (Wildman–Crippen MR) is 100 cm³/mol. The van der Waals surface area contributed by atoms with Crippen LogP contribution in [0, 0.1) is 12.3 Å². The normalized spacial score (nSPS) is 16.8. The topological polar surface area (TPSA) is 74.5 Å². The van der Waals surface area contributed by atoms with Crippen LogP contribution in [0.3, 0.4) is 0 Å². The molecule has 2 aliphatic heterocycles. The van der Waals surface area contributed by atoms with Crippen molar-refractivity contribution in [1.82, 2.24) is 14.2 Å². The molecule has 0 aliphatic carbocycles. The Morgan fingerprint density at radius 1 is 1.27 bits per heavy atom. The first kappa shape index (κ1) is 16.8. The summed E-state index contributed by atoms with van der Waals surface area (Å²) in [4.78, 5) is 14.2. The molecule has 1 aromatic heterocycles. The van der Waals surface area contributed by atoms with Gasteiger partial charge in [-0.2, -0.15) is 4.58 Å². The quantitative estimate of drug-likeness (QED) is 0.509. The van der Waals surface area contributed by atoms with Gasteiger partial charge in [-0.3, -0.25) is 5.41 Å². The van der Waals surface area contributed by atoms with Gasteiger partial charge in [0.15, 0.2) is 0 Å². The summed E-state index contributed by atoms with van der Waals surface area (Å²) in [5, 5.41) is 8.88. The average Bonchev–Trinajstić information content (AvgIpc) is 3.17. The number of nitrogens with one attached hydrogen (secondary N) is 1. The number of ether oxygens (including phenoxy) is 1. The molecule has 2 aliphatic rings. The third kappa shape index (κ3) is 2.79. The summed E-state index contributed by atoms with van der Waals surface area (Å²) < 4.78 is 14.1. The third-order valence-corrected chi connectivity index (χ3v) is 4.72. The van der Waals surface area contributed by atoms with E-state index < -0.39 is 0 Å². The molecule has 134 valence electrons. The minimum atomic E-state index is -0.192. The van der Waals surface area contributed by atoms with Crippen molar-refractivity contribution in [1.29, 1.82) is 5.41 Å². The minimum Gasteiger partial charge on any atom is -0.378 e. The summed E-state index contributed by atoms with van der Waals surface area (Å²) in [5.74, 6) is 1.41. The number of hydrogen-bond acceptors (Lipinski definition) is 4. The first-order chi connectivity index (χ1) is 12.6. The number of nitrogens with zero attached hydrogens (tertiary/aromatic N) is 3. The smallest absolute Gasteiger partial charge is 0.378 e. The van der Waals surface area contributed by atoms with Crippen molar-refractivity contribution in [2.75, 3.05) is 26.3 Å². The minimum absolute atomic E-state index is 0.192. The molecule has 1 fully saturated rings. The van der Waals surface area contributed by atoms with Crippen LogP contribution in [0.4, 0.5) is 11.6 Å². The Bertz CT molecular complexity index is 979. The molecular weight excluding hydrogens is 356 g/mol. The summed E-state index contributed by atoms with van der Waals surface area (Å²) in [6.07, 6.45) is 3.40. The Hall–Kier alpha value is -2.64. The van der Waals surface area contributed by atoms with Gasteiger partial charge in [0.25, 0.3) is 0 Å². The maximum atomic E-state index is 12.3. The summed E-state index contributed by atoms with van der Waals surface area (Å²) in [6, 6.07) is 7.29. The molecule has 0 radical (unpaired) electrons. The third-order valence-electron chi connectivity index (χ3n) is 4.47. The van der Waals surface area contributed by atoms with Gasteiger partial charge >= 0.3 is 17.3 Å². The fraction of sp³-hybridized carbons (Fsp3) is 0.278. The standard InChI is InChI=1S/C18H18ClN4O3/c1-12-17(24)23-16(7-6-15(20)21-8-10-25-11-9-21)22(18(12)26-23)14-4-2-13(19)3-5-14/h2-7,20H,8-11H2,1H3/q+1/b7-6-,20-15?. The molecule has 3 heterocycles. The SMILES string of the molecule is Cc1c2on(c1=O)C(/C=C\C(=N)N1CCOCC1)=[N+]2c1ccc(Cl)cc1. The van der Waals surface area contributed by atoms with Gasteiger partial charge in [0.2, 0.25) is 0 Å². The number of fused-ring (bicyclic) bond motifs is 2. The van der Waals surface area contributed by atoms with E-state index in [0.717, 1.165) is 5.69 Å². The number of amidine groups is 1. The molecule has 0 unspecified atom stereocenters. The monoisotopic (exact) mass is 373 g/mol. The number of halogens is 1. The number of allylic oxidation sites excluding steroid dienone is 1. The average molecular weight is 374 g/mol. The van der Waals surface area contributed by atoms with Gasteiger partial charge < -0.3 is 9.64 Å². The van der Waals surface area contributed by atoms with E-state index in [2.05, 4.69) is 0 Å². The Kier molecular flexibility index (Phi) is 4.26. The summed E-state index contributed by atoms with van der Waals surface area (Å²) >= 11 is 5.98. The fourth-order valence-electron chi connectivity index (χ4n) is 3.04. The summed E-state index contributed by atoms with van der Waals surface area (Å²) in [7, 11) is 0. The Balaban J connectivity index is 1.72. The van der Waals surface area contributed by atoms with Gasteiger partial charge in [0.05, 0.1) is 13.2 Å². The molecule has 0 spiro atoms. The molecule has 2 aromatic rings. The van der Waals surface area contributed by atoms with Crippen LogP contribution in [0.25, 0.3) is 0 Å². The molecular formula is C18H18ClN4O3+. The maximum Gasteiger partial charge on any atom is 0.385 e. The van der Waals surface area contributed by atoms with E-state index in [0.29, 0.717) is 54.4 Å². The molecule has 0 amide bonds. The van der Waals surface area contributed by atoms with E-state index in [1.54, 1.807) is 31.2 Å². The van der Waals surface area contributed by atoms with Gasteiger partial charge in [0, 0.05) is 28.9 Å². The van der Waals surface area contributed by atoms with Crippen LogP contribution in [0.1, 0.15) is 5.56 Å². The number of benzene rings is 1. The molecule has 2 bridgehead atoms. The lowest BCUT2D eigenvalue weighted by Crippen LogP contribution is -2.39. The van der Waals surface area contributed by atoms with Gasteiger partial charge in [-0.25, -0.2) is 9.32 Å². The number of morpholine rings is 1. The lowest BCUT2D eigenvalue weighted by molar-refractivity contribution is 0.0681. The van der Waals surface area contributed by atoms with Crippen LogP contribution in [0.5, 0.6) is 0 Å². The lowest BCUT2D eigenvalue weighted by atomic mass is 10.2. The van der Waals surface area contributed by atoms with Crippen molar-refractivity contribution in [2.24, 2.45) is 0 Å². The Morgan fingerprint density at radius 3 is 2.65 bits per heavy atom. The molecule has 1 saturated heterocycles. The van der Waals surface area contributed by atoms with Gasteiger partial charge in [-0.05, 0) is 37.3 Å². The van der Waals surface area contributed by atoms with E-state index in [-0.39, 0.29) is 5.56 Å². The van der Waals surface area contributed by atoms with E-state index in [4.69, 9.17) is 26.3 Å². The molecule has 8 heteroatoms. The van der Waals surface area contributed by atoms with Gasteiger partial charge in [0.1, 0.15) is 17.1 Å². The highest BCUT2D eigenvalue weighted by atomic mass is 35.5. The van der Waals surface area contributed by atoms with Crippen molar-refractivity contribution in [3.63, 3.8) is 0 Å². The molecule has 7 nitrogen and oxygen atoms in total. The lowest BCUT2D eigenvalue weighted by Gasteiger charge is -2.27. The van der Waals surface area contributed by atoms with Gasteiger partial charge in [-0.15, -0.1) is 0 Å². The second kappa shape index (κ2) is 6.59. The molecule has 1 N–H and O–H groups in total. The van der Waals surface area contributed by atoms with Crippen molar-refractivity contribution in [2.45, 2.75) is 6.92 Å². The summed E-state index contributed by atoms with van der Waals surface area (Å²) in [5.41, 5.74) is 1.18. The second-order valence-electron chi connectivity index (χ2n) is 6.11. The van der Waals surface area contributed by atoms with E-state index in [9.17, 15) is 4.79 Å². The van der Waals surface area contributed by atoms with Crippen LogP contribution < -0.4 is 10.1 Å². The Morgan fingerprint density at radius 2 is 1.96 bits per heavy atom. The zero-order valence-electron chi connectivity index (χ0n) is 14.2. The summed E-state index contributed by atoms with van der Waals surface area (Å²) in [6.45, 7) is 4.33. The number of aromatic nitrogens is 1. The second-order valence-corrected chi connectivity index (χ2v) is 6.55. The zero-order chi connectivity index (χ0) is 18.3. The van der Waals surface area contributed by atoms with E-state index in [1.807, 2.05) is 21.6 Å². The van der Waals surface area contributed by atoms with E-state index in [1.165, 1.54) is 4.74 Å². The molecule has 1 aromatic carbocycles. The highest BCUT2D eigenvalue weighted by Gasteiger charge is 2.38. The predicted octanol–water partition coefficient (Wildman–Crippen LogP) is 2.36. The zero-order valence-corrected chi connectivity index (χ0v) is 15.0. The van der Waals surface area contributed by atoms with Crippen LogP contribution in [-0.2, 0) is 4.74 Å². The molecule has 26 heavy (non-hydrogen) atoms. The molecule has 4 rings (SSSR count). The first-order valence-corrected chi connectivity index (χ1v) is 8.69. The highest BCUT2D eigenvalue weighted by molar-refractivity contribution is 6.30. The highest BCUT2D eigenvalue weighted by Crippen LogP contribution is 2.28. The first-order valence-electron chi connectivity index (χ1n) is 8.31. The van der Waals surface area contributed by atoms with Crippen LogP contribution in [0.15, 0.2) is 45.7 Å². The fourth-order valence-corrected chi connectivity index (χ4v) is 3.17. The number of rotatable bonds is 3. The molecule has 0 saturated carbocycles. The van der Waals surface area contributed by atoms with Gasteiger partial charge in [-0.1, -0.05) is 11.6 Å².